The third-order valence-electron chi connectivity index (χ3n) is 7.01. The quantitative estimate of drug-likeness (QED) is 0.413. The Kier molecular flexibility index (Phi) is 5.11. The van der Waals surface area contributed by atoms with E-state index in [0.29, 0.717) is 0 Å². The van der Waals surface area contributed by atoms with Crippen LogP contribution >= 0.6 is 0 Å². The van der Waals surface area contributed by atoms with Crippen molar-refractivity contribution in [1.82, 2.24) is 19.0 Å². The molecule has 0 spiro atoms. The standard InChI is InChI=1S/C28H28N4O/c33-28-29-25-11-5-7-13-27(25)32(28)23-14-16-30(17-15-23)19-22-20-31(18-21-8-2-1-3-9-21)26-12-6-4-10-24(22)26/h1-13,20,23H,14-19H2,(H,29,33). The lowest BCUT2D eigenvalue weighted by Crippen LogP contribution is -2.36. The van der Waals surface area contributed by atoms with Crippen LogP contribution in [0, 0.1) is 0 Å². The predicted molar refractivity (Wildman–Crippen MR) is 134 cm³/mol. The summed E-state index contributed by atoms with van der Waals surface area (Å²) in [6, 6.07) is 27.6. The van der Waals surface area contributed by atoms with Gasteiger partial charge >= 0.3 is 5.69 Å². The summed E-state index contributed by atoms with van der Waals surface area (Å²) >= 11 is 0. The maximum absolute atomic E-state index is 12.6. The van der Waals surface area contributed by atoms with Gasteiger partial charge in [0.25, 0.3) is 0 Å². The fourth-order valence-electron chi connectivity index (χ4n) is 5.37. The van der Waals surface area contributed by atoms with E-state index >= 15 is 0 Å². The molecular formula is C28H28N4O. The second-order valence-electron chi connectivity index (χ2n) is 9.11. The summed E-state index contributed by atoms with van der Waals surface area (Å²) in [5, 5.41) is 1.34. The van der Waals surface area contributed by atoms with Crippen LogP contribution in [0.1, 0.15) is 30.0 Å². The van der Waals surface area contributed by atoms with Crippen LogP contribution in [0.15, 0.2) is 89.9 Å². The molecule has 1 aliphatic rings. The highest BCUT2D eigenvalue weighted by atomic mass is 16.1. The van der Waals surface area contributed by atoms with E-state index in [9.17, 15) is 4.79 Å². The van der Waals surface area contributed by atoms with Gasteiger partial charge in [-0.05, 0) is 42.2 Å². The summed E-state index contributed by atoms with van der Waals surface area (Å²) < 4.78 is 4.34. The normalized spacial score (nSPS) is 15.5. The van der Waals surface area contributed by atoms with Crippen molar-refractivity contribution < 1.29 is 0 Å². The number of aromatic amines is 1. The highest BCUT2D eigenvalue weighted by molar-refractivity contribution is 5.84. The molecule has 166 valence electrons. The molecule has 5 heteroatoms. The number of nitrogens with one attached hydrogen (secondary N) is 1. The number of imidazole rings is 1. The van der Waals surface area contributed by atoms with Gasteiger partial charge in [0.05, 0.1) is 11.0 Å². The van der Waals surface area contributed by atoms with E-state index in [-0.39, 0.29) is 11.7 Å². The molecule has 1 N–H and O–H groups in total. The Morgan fingerprint density at radius 1 is 0.788 bits per heavy atom. The van der Waals surface area contributed by atoms with E-state index in [4.69, 9.17) is 0 Å². The molecular weight excluding hydrogens is 408 g/mol. The largest absolute Gasteiger partial charge is 0.343 e. The first-order valence-electron chi connectivity index (χ1n) is 11.8. The molecule has 0 amide bonds. The Morgan fingerprint density at radius 3 is 2.30 bits per heavy atom. The average molecular weight is 437 g/mol. The van der Waals surface area contributed by atoms with Gasteiger partial charge in [0, 0.05) is 49.3 Å². The highest BCUT2D eigenvalue weighted by Crippen LogP contribution is 2.28. The minimum absolute atomic E-state index is 0.0126. The van der Waals surface area contributed by atoms with E-state index in [0.717, 1.165) is 50.1 Å². The molecule has 0 bridgehead atoms. The maximum Gasteiger partial charge on any atom is 0.326 e. The molecule has 1 saturated heterocycles. The van der Waals surface area contributed by atoms with E-state index in [1.165, 1.54) is 22.0 Å². The monoisotopic (exact) mass is 436 g/mol. The summed E-state index contributed by atoms with van der Waals surface area (Å²) in [5.41, 5.74) is 5.94. The SMILES string of the molecule is O=c1[nH]c2ccccc2n1C1CCN(Cc2cn(Cc3ccccc3)c3ccccc23)CC1. The van der Waals surface area contributed by atoms with E-state index in [2.05, 4.69) is 75.2 Å². The highest BCUT2D eigenvalue weighted by Gasteiger charge is 2.24. The molecule has 1 fully saturated rings. The Hall–Kier alpha value is -3.57. The second kappa shape index (κ2) is 8.41. The Morgan fingerprint density at radius 2 is 1.48 bits per heavy atom. The average Bonchev–Trinajstić information content (AvgIpc) is 3.37. The van der Waals surface area contributed by atoms with Gasteiger partial charge in [-0.1, -0.05) is 60.7 Å². The number of likely N-dealkylation sites (tertiary alicyclic amines) is 1. The lowest BCUT2D eigenvalue weighted by atomic mass is 10.0. The third kappa shape index (κ3) is 3.79. The van der Waals surface area contributed by atoms with Gasteiger partial charge in [-0.2, -0.15) is 0 Å². The first kappa shape index (κ1) is 20.1. The zero-order valence-corrected chi connectivity index (χ0v) is 18.7. The summed E-state index contributed by atoms with van der Waals surface area (Å²) in [6.07, 6.45) is 4.31. The van der Waals surface area contributed by atoms with Crippen molar-refractivity contribution in [2.24, 2.45) is 0 Å². The van der Waals surface area contributed by atoms with Gasteiger partial charge in [0.1, 0.15) is 0 Å². The van der Waals surface area contributed by atoms with Gasteiger partial charge < -0.3 is 9.55 Å². The molecule has 33 heavy (non-hydrogen) atoms. The molecule has 1 aliphatic heterocycles. The molecule has 2 aromatic heterocycles. The zero-order chi connectivity index (χ0) is 22.2. The molecule has 3 heterocycles. The van der Waals surface area contributed by atoms with E-state index in [1.807, 2.05) is 28.8 Å². The summed E-state index contributed by atoms with van der Waals surface area (Å²) in [5.74, 6) is 0. The fourth-order valence-corrected chi connectivity index (χ4v) is 5.37. The molecule has 3 aromatic carbocycles. The number of H-pyrrole nitrogens is 1. The van der Waals surface area contributed by atoms with Gasteiger partial charge in [-0.25, -0.2) is 4.79 Å². The summed E-state index contributed by atoms with van der Waals surface area (Å²) in [6.45, 7) is 3.81. The fraction of sp³-hybridized carbons (Fsp3) is 0.250. The number of benzene rings is 3. The van der Waals surface area contributed by atoms with Crippen LogP contribution in [0.2, 0.25) is 0 Å². The second-order valence-corrected chi connectivity index (χ2v) is 9.11. The van der Waals surface area contributed by atoms with Crippen molar-refractivity contribution in [3.05, 3.63) is 107 Å². The number of aromatic nitrogens is 3. The van der Waals surface area contributed by atoms with Crippen LogP contribution in [0.5, 0.6) is 0 Å². The molecule has 5 aromatic rings. The van der Waals surface area contributed by atoms with Crippen molar-refractivity contribution in [1.29, 1.82) is 0 Å². The van der Waals surface area contributed by atoms with Crippen molar-refractivity contribution in [3.63, 3.8) is 0 Å². The van der Waals surface area contributed by atoms with Crippen molar-refractivity contribution >= 4 is 21.9 Å². The van der Waals surface area contributed by atoms with Gasteiger partial charge in [-0.15, -0.1) is 0 Å². The van der Waals surface area contributed by atoms with Crippen LogP contribution in [0.25, 0.3) is 21.9 Å². The number of para-hydroxylation sites is 3. The third-order valence-corrected chi connectivity index (χ3v) is 7.01. The van der Waals surface area contributed by atoms with Crippen LogP contribution in [0.4, 0.5) is 0 Å². The number of rotatable bonds is 5. The Balaban J connectivity index is 1.21. The molecule has 0 saturated carbocycles. The van der Waals surface area contributed by atoms with E-state index < -0.39 is 0 Å². The molecule has 0 aliphatic carbocycles. The van der Waals surface area contributed by atoms with Crippen LogP contribution in [-0.4, -0.2) is 32.1 Å². The number of piperidine rings is 1. The van der Waals surface area contributed by atoms with Gasteiger partial charge in [0.15, 0.2) is 0 Å². The van der Waals surface area contributed by atoms with Crippen molar-refractivity contribution in [2.45, 2.75) is 32.0 Å². The lowest BCUT2D eigenvalue weighted by molar-refractivity contribution is 0.180. The van der Waals surface area contributed by atoms with Crippen LogP contribution < -0.4 is 5.69 Å². The van der Waals surface area contributed by atoms with Crippen LogP contribution in [-0.2, 0) is 13.1 Å². The number of hydrogen-bond donors (Lipinski definition) is 1. The van der Waals surface area contributed by atoms with Gasteiger partial charge in [-0.3, -0.25) is 9.47 Å². The molecule has 6 rings (SSSR count). The topological polar surface area (TPSA) is 46.0 Å². The van der Waals surface area contributed by atoms with E-state index in [1.54, 1.807) is 0 Å². The maximum atomic E-state index is 12.6. The minimum Gasteiger partial charge on any atom is -0.343 e. The number of hydrogen-bond acceptors (Lipinski definition) is 2. The Bertz CT molecular complexity index is 1450. The molecule has 5 nitrogen and oxygen atoms in total. The van der Waals surface area contributed by atoms with Crippen molar-refractivity contribution in [2.75, 3.05) is 13.1 Å². The first-order valence-corrected chi connectivity index (χ1v) is 11.8. The molecule has 0 radical (unpaired) electrons. The van der Waals surface area contributed by atoms with Crippen LogP contribution in [0.3, 0.4) is 0 Å². The zero-order valence-electron chi connectivity index (χ0n) is 18.7. The van der Waals surface area contributed by atoms with Gasteiger partial charge in [0.2, 0.25) is 0 Å². The first-order chi connectivity index (χ1) is 16.3. The summed E-state index contributed by atoms with van der Waals surface area (Å²) in [7, 11) is 0. The number of nitrogens with zero attached hydrogens (tertiary/aromatic N) is 3. The summed E-state index contributed by atoms with van der Waals surface area (Å²) in [4.78, 5) is 18.1. The molecule has 0 unspecified atom stereocenters. The molecule has 0 atom stereocenters. The van der Waals surface area contributed by atoms with Crippen molar-refractivity contribution in [3.8, 4) is 0 Å². The number of fused-ring (bicyclic) bond motifs is 2. The minimum atomic E-state index is 0.0126. The lowest BCUT2D eigenvalue weighted by Gasteiger charge is -2.32. The Labute approximate surface area is 192 Å². The predicted octanol–water partition coefficient (Wildman–Crippen LogP) is 5.17. The smallest absolute Gasteiger partial charge is 0.326 e.